The molecular weight excluding hydrogens is 330 g/mol. The van der Waals surface area contributed by atoms with E-state index in [2.05, 4.69) is 19.9 Å². The number of ether oxygens (including phenoxy) is 2. The van der Waals surface area contributed by atoms with Gasteiger partial charge in [0.05, 0.1) is 24.7 Å². The summed E-state index contributed by atoms with van der Waals surface area (Å²) in [7, 11) is 0. The minimum absolute atomic E-state index is 0.228. The highest BCUT2D eigenvalue weighted by atomic mass is 16.5. The molecule has 0 aromatic rings. The van der Waals surface area contributed by atoms with Gasteiger partial charge in [0.15, 0.2) is 5.92 Å². The summed E-state index contributed by atoms with van der Waals surface area (Å²) in [6, 6.07) is 2.05. The normalized spacial score (nSPS) is 12.7. The van der Waals surface area contributed by atoms with Crippen molar-refractivity contribution in [3.8, 4) is 6.07 Å². The first-order valence-corrected chi connectivity index (χ1v) is 10.0. The number of unbranched alkanes of at least 4 members (excludes halogenated alkanes) is 4. The van der Waals surface area contributed by atoms with Gasteiger partial charge in [0.2, 0.25) is 0 Å². The van der Waals surface area contributed by atoms with E-state index < -0.39 is 23.3 Å². The van der Waals surface area contributed by atoms with Gasteiger partial charge in [-0.2, -0.15) is 5.26 Å². The molecule has 0 saturated carbocycles. The van der Waals surface area contributed by atoms with Gasteiger partial charge >= 0.3 is 11.9 Å². The van der Waals surface area contributed by atoms with Gasteiger partial charge in [-0.3, -0.25) is 9.59 Å². The number of carbonyl (C=O) groups is 2. The van der Waals surface area contributed by atoms with Crippen molar-refractivity contribution in [2.75, 3.05) is 13.2 Å². The van der Waals surface area contributed by atoms with Crippen molar-refractivity contribution in [3.05, 3.63) is 0 Å². The smallest absolute Gasteiger partial charge is 0.324 e. The molecule has 0 saturated heterocycles. The maximum absolute atomic E-state index is 13.0. The monoisotopic (exact) mass is 367 g/mol. The van der Waals surface area contributed by atoms with E-state index in [1.54, 1.807) is 0 Å². The number of hydrogen-bond acceptors (Lipinski definition) is 5. The van der Waals surface area contributed by atoms with E-state index in [4.69, 9.17) is 9.47 Å². The Morgan fingerprint density at radius 2 is 1.35 bits per heavy atom. The third-order valence-corrected chi connectivity index (χ3v) is 5.08. The predicted molar refractivity (Wildman–Crippen MR) is 102 cm³/mol. The lowest BCUT2D eigenvalue weighted by atomic mass is 9.61. The third-order valence-electron chi connectivity index (χ3n) is 5.08. The molecule has 0 aliphatic heterocycles. The molecular formula is C21H37NO4. The lowest BCUT2D eigenvalue weighted by Gasteiger charge is -2.40. The van der Waals surface area contributed by atoms with Crippen molar-refractivity contribution in [2.45, 2.75) is 80.1 Å². The maximum Gasteiger partial charge on any atom is 0.324 e. The van der Waals surface area contributed by atoms with E-state index in [1.807, 2.05) is 27.7 Å². The van der Waals surface area contributed by atoms with Gasteiger partial charge in [-0.05, 0) is 24.7 Å². The van der Waals surface area contributed by atoms with Crippen molar-refractivity contribution in [1.82, 2.24) is 0 Å². The molecule has 0 aliphatic rings. The Morgan fingerprint density at radius 3 is 1.73 bits per heavy atom. The Kier molecular flexibility index (Phi) is 12.0. The van der Waals surface area contributed by atoms with Gasteiger partial charge in [-0.1, -0.05) is 67.2 Å². The number of nitrogens with zero attached hydrogens (tertiary/aromatic N) is 1. The lowest BCUT2D eigenvalue weighted by molar-refractivity contribution is -0.175. The van der Waals surface area contributed by atoms with Crippen molar-refractivity contribution in [1.29, 1.82) is 5.26 Å². The van der Waals surface area contributed by atoms with Crippen LogP contribution in [0.3, 0.4) is 0 Å². The molecule has 0 bridgehead atoms. The van der Waals surface area contributed by atoms with Crippen LogP contribution in [0.1, 0.15) is 80.1 Å². The molecule has 0 aromatic carbocycles. The Bertz CT molecular complexity index is 457. The van der Waals surface area contributed by atoms with Crippen molar-refractivity contribution in [2.24, 2.45) is 23.2 Å². The number of hydrogen-bond donors (Lipinski definition) is 0. The van der Waals surface area contributed by atoms with Crippen LogP contribution in [0.2, 0.25) is 0 Å². The standard InChI is InChI=1S/C21H37NO4/c1-7-9-11-13-25-19(23)18(15-22)21(16(3)4,17(5)6)20(24)26-14-12-10-8-2/h16-18H,7-14H2,1-6H3. The number of carbonyl (C=O) groups excluding carboxylic acids is 2. The van der Waals surface area contributed by atoms with Crippen LogP contribution < -0.4 is 0 Å². The zero-order valence-corrected chi connectivity index (χ0v) is 17.5. The quantitative estimate of drug-likeness (QED) is 0.342. The Hall–Kier alpha value is -1.57. The van der Waals surface area contributed by atoms with Crippen LogP contribution in [0, 0.1) is 34.5 Å². The second kappa shape index (κ2) is 12.7. The highest BCUT2D eigenvalue weighted by Gasteiger charge is 2.56. The first-order valence-electron chi connectivity index (χ1n) is 10.0. The van der Waals surface area contributed by atoms with Crippen LogP contribution in [0.25, 0.3) is 0 Å². The summed E-state index contributed by atoms with van der Waals surface area (Å²) in [5.41, 5.74) is -1.21. The Labute approximate surface area is 159 Å². The molecule has 1 atom stereocenters. The van der Waals surface area contributed by atoms with E-state index in [9.17, 15) is 14.9 Å². The summed E-state index contributed by atoms with van der Waals surface area (Å²) in [5, 5.41) is 9.73. The van der Waals surface area contributed by atoms with Crippen LogP contribution in [0.4, 0.5) is 0 Å². The zero-order valence-electron chi connectivity index (χ0n) is 17.5. The predicted octanol–water partition coefficient (Wildman–Crippen LogP) is 4.89. The molecule has 5 nitrogen and oxygen atoms in total. The summed E-state index contributed by atoms with van der Waals surface area (Å²) in [5.74, 6) is -2.70. The molecule has 0 heterocycles. The van der Waals surface area contributed by atoms with Gasteiger partial charge in [-0.25, -0.2) is 0 Å². The fourth-order valence-corrected chi connectivity index (χ4v) is 3.53. The van der Waals surface area contributed by atoms with Gasteiger partial charge in [0.25, 0.3) is 0 Å². The summed E-state index contributed by atoms with van der Waals surface area (Å²) in [6.07, 6.45) is 5.53. The molecule has 0 rings (SSSR count). The minimum atomic E-state index is -1.21. The average Bonchev–Trinajstić information content (AvgIpc) is 2.59. The topological polar surface area (TPSA) is 76.4 Å². The van der Waals surface area contributed by atoms with Crippen LogP contribution in [-0.2, 0) is 19.1 Å². The molecule has 0 spiro atoms. The number of esters is 2. The van der Waals surface area contributed by atoms with E-state index in [1.165, 1.54) is 0 Å². The fourth-order valence-electron chi connectivity index (χ4n) is 3.53. The van der Waals surface area contributed by atoms with Crippen LogP contribution in [0.15, 0.2) is 0 Å². The van der Waals surface area contributed by atoms with E-state index in [0.29, 0.717) is 6.61 Å². The number of nitriles is 1. The van der Waals surface area contributed by atoms with Crippen LogP contribution in [0.5, 0.6) is 0 Å². The zero-order chi connectivity index (χ0) is 20.2. The summed E-state index contributed by atoms with van der Waals surface area (Å²) in [4.78, 5) is 25.6. The average molecular weight is 368 g/mol. The molecule has 26 heavy (non-hydrogen) atoms. The van der Waals surface area contributed by atoms with Gasteiger partial charge < -0.3 is 9.47 Å². The third kappa shape index (κ3) is 6.30. The number of rotatable bonds is 13. The largest absolute Gasteiger partial charge is 0.465 e. The van der Waals surface area contributed by atoms with Crippen molar-refractivity contribution in [3.63, 3.8) is 0 Å². The summed E-state index contributed by atoms with van der Waals surface area (Å²) >= 11 is 0. The summed E-state index contributed by atoms with van der Waals surface area (Å²) < 4.78 is 10.8. The molecule has 0 fully saturated rings. The molecule has 0 aliphatic carbocycles. The van der Waals surface area contributed by atoms with Gasteiger partial charge in [-0.15, -0.1) is 0 Å². The van der Waals surface area contributed by atoms with E-state index in [-0.39, 0.29) is 18.4 Å². The molecule has 0 N–H and O–H groups in total. The first-order chi connectivity index (χ1) is 12.3. The van der Waals surface area contributed by atoms with Crippen LogP contribution >= 0.6 is 0 Å². The lowest BCUT2D eigenvalue weighted by Crippen LogP contribution is -2.51. The highest BCUT2D eigenvalue weighted by molar-refractivity contribution is 5.87. The first kappa shape index (κ1) is 24.4. The highest BCUT2D eigenvalue weighted by Crippen LogP contribution is 2.45. The van der Waals surface area contributed by atoms with Crippen molar-refractivity contribution < 1.29 is 19.1 Å². The SMILES string of the molecule is CCCCCOC(=O)C(C#N)C(C(=O)OCCCCC)(C(C)C)C(C)C. The van der Waals surface area contributed by atoms with Gasteiger partial charge in [0, 0.05) is 0 Å². The molecule has 0 radical (unpaired) electrons. The Morgan fingerprint density at radius 1 is 0.885 bits per heavy atom. The second-order valence-electron chi connectivity index (χ2n) is 7.52. The fraction of sp³-hybridized carbons (Fsp3) is 0.857. The van der Waals surface area contributed by atoms with Crippen LogP contribution in [-0.4, -0.2) is 25.2 Å². The maximum atomic E-state index is 13.0. The molecule has 0 aromatic heterocycles. The van der Waals surface area contributed by atoms with Crippen molar-refractivity contribution >= 4 is 11.9 Å². The molecule has 1 unspecified atom stereocenters. The minimum Gasteiger partial charge on any atom is -0.465 e. The molecule has 0 amide bonds. The second-order valence-corrected chi connectivity index (χ2v) is 7.52. The molecule has 150 valence electrons. The van der Waals surface area contributed by atoms with Gasteiger partial charge in [0.1, 0.15) is 0 Å². The van der Waals surface area contributed by atoms with E-state index in [0.717, 1.165) is 38.5 Å². The summed E-state index contributed by atoms with van der Waals surface area (Å²) in [6.45, 7) is 12.2. The molecule has 5 heteroatoms. The Balaban J connectivity index is 5.44. The van der Waals surface area contributed by atoms with E-state index >= 15 is 0 Å².